The van der Waals surface area contributed by atoms with Crippen LogP contribution in [0.15, 0.2) is 30.3 Å². The third-order valence-corrected chi connectivity index (χ3v) is 7.32. The highest BCUT2D eigenvalue weighted by atomic mass is 16.7. The van der Waals surface area contributed by atoms with E-state index in [1.807, 2.05) is 18.2 Å². The van der Waals surface area contributed by atoms with E-state index in [0.29, 0.717) is 13.2 Å². The zero-order valence-corrected chi connectivity index (χ0v) is 13.6. The third kappa shape index (κ3) is 1.35. The molecule has 2 aliphatic carbocycles. The molecule has 2 saturated heterocycles. The van der Waals surface area contributed by atoms with Gasteiger partial charge in [-0.3, -0.25) is 4.79 Å². The maximum Gasteiger partial charge on any atom is 0.231 e. The van der Waals surface area contributed by atoms with Crippen molar-refractivity contribution in [1.29, 1.82) is 0 Å². The molecule has 0 bridgehead atoms. The van der Waals surface area contributed by atoms with E-state index in [9.17, 15) is 4.79 Å². The molecular weight excluding hydrogens is 290 g/mol. The molecule has 1 aromatic rings. The minimum atomic E-state index is -0.469. The standard InChI is InChI=1S/C19H23NO3/c1-16-13-17(16)9-10-20-15(21)18(17,14-5-3-2-4-6-14)7-8-19(16)22-11-12-23-19/h2-6H,7-13H2,1H3,(H,20,21)/t16?,17-,18+/m1/s1. The zero-order chi connectivity index (χ0) is 15.8. The summed E-state index contributed by atoms with van der Waals surface area (Å²) >= 11 is 0. The molecule has 3 atom stereocenters. The molecule has 0 radical (unpaired) electrons. The number of fused-ring (bicyclic) bond motifs is 1. The van der Waals surface area contributed by atoms with Gasteiger partial charge in [0.25, 0.3) is 0 Å². The van der Waals surface area contributed by atoms with Gasteiger partial charge in [-0.25, -0.2) is 0 Å². The number of carbonyl (C=O) groups excluding carboxylic acids is 1. The summed E-state index contributed by atoms with van der Waals surface area (Å²) in [5.74, 6) is -0.269. The monoisotopic (exact) mass is 313 g/mol. The summed E-state index contributed by atoms with van der Waals surface area (Å²) < 4.78 is 12.3. The largest absolute Gasteiger partial charge is 0.355 e. The van der Waals surface area contributed by atoms with Crippen molar-refractivity contribution >= 4 is 5.91 Å². The highest BCUT2D eigenvalue weighted by Crippen LogP contribution is 2.83. The lowest BCUT2D eigenvalue weighted by Crippen LogP contribution is -2.63. The molecule has 0 aromatic heterocycles. The van der Waals surface area contributed by atoms with Gasteiger partial charge in [0, 0.05) is 23.8 Å². The van der Waals surface area contributed by atoms with Gasteiger partial charge in [0.15, 0.2) is 5.79 Å². The Bertz CT molecular complexity index is 668. The summed E-state index contributed by atoms with van der Waals surface area (Å²) in [6.07, 6.45) is 3.63. The molecule has 1 unspecified atom stereocenters. The molecule has 2 spiro atoms. The Labute approximate surface area is 136 Å². The van der Waals surface area contributed by atoms with E-state index >= 15 is 0 Å². The van der Waals surface area contributed by atoms with Crippen LogP contribution < -0.4 is 5.32 Å². The van der Waals surface area contributed by atoms with Gasteiger partial charge >= 0.3 is 0 Å². The maximum atomic E-state index is 13.1. The summed E-state index contributed by atoms with van der Waals surface area (Å²) in [6.45, 7) is 4.40. The van der Waals surface area contributed by atoms with Gasteiger partial charge in [-0.15, -0.1) is 0 Å². The number of ether oxygens (including phenoxy) is 2. The Morgan fingerprint density at radius 3 is 2.52 bits per heavy atom. The van der Waals surface area contributed by atoms with Gasteiger partial charge in [0.05, 0.1) is 18.6 Å². The van der Waals surface area contributed by atoms with Crippen LogP contribution >= 0.6 is 0 Å². The molecule has 4 aliphatic rings. The topological polar surface area (TPSA) is 47.6 Å². The summed E-state index contributed by atoms with van der Waals surface area (Å²) in [6, 6.07) is 10.4. The average molecular weight is 313 g/mol. The van der Waals surface area contributed by atoms with Gasteiger partial charge in [-0.1, -0.05) is 37.3 Å². The molecule has 4 heteroatoms. The van der Waals surface area contributed by atoms with Gasteiger partial charge < -0.3 is 14.8 Å². The predicted molar refractivity (Wildman–Crippen MR) is 84.8 cm³/mol. The van der Waals surface area contributed by atoms with Crippen molar-refractivity contribution in [2.45, 2.75) is 43.8 Å². The summed E-state index contributed by atoms with van der Waals surface area (Å²) in [7, 11) is 0. The Morgan fingerprint density at radius 2 is 1.78 bits per heavy atom. The van der Waals surface area contributed by atoms with E-state index in [2.05, 4.69) is 24.4 Å². The van der Waals surface area contributed by atoms with E-state index in [1.54, 1.807) is 0 Å². The number of benzene rings is 1. The van der Waals surface area contributed by atoms with Crippen LogP contribution in [0.1, 0.15) is 38.2 Å². The maximum absolute atomic E-state index is 13.1. The lowest BCUT2D eigenvalue weighted by molar-refractivity contribution is -0.239. The zero-order valence-electron chi connectivity index (χ0n) is 13.6. The number of amides is 1. The van der Waals surface area contributed by atoms with Gasteiger partial charge in [0.2, 0.25) is 5.91 Å². The quantitative estimate of drug-likeness (QED) is 0.866. The van der Waals surface area contributed by atoms with Crippen molar-refractivity contribution in [1.82, 2.24) is 5.32 Å². The van der Waals surface area contributed by atoms with Crippen LogP contribution in [-0.2, 0) is 19.7 Å². The van der Waals surface area contributed by atoms with Crippen molar-refractivity contribution in [3.63, 3.8) is 0 Å². The number of piperidine rings is 1. The molecule has 4 fully saturated rings. The van der Waals surface area contributed by atoms with Crippen LogP contribution in [0.5, 0.6) is 0 Å². The smallest absolute Gasteiger partial charge is 0.231 e. The van der Waals surface area contributed by atoms with Crippen LogP contribution in [0, 0.1) is 10.8 Å². The second kappa shape index (κ2) is 4.17. The van der Waals surface area contributed by atoms with Crippen LogP contribution in [0.2, 0.25) is 0 Å². The van der Waals surface area contributed by atoms with E-state index < -0.39 is 11.2 Å². The van der Waals surface area contributed by atoms with E-state index in [0.717, 1.165) is 37.8 Å². The molecule has 2 aliphatic heterocycles. The van der Waals surface area contributed by atoms with Crippen molar-refractivity contribution < 1.29 is 14.3 Å². The molecule has 23 heavy (non-hydrogen) atoms. The molecule has 4 nitrogen and oxygen atoms in total. The fourth-order valence-electron chi connectivity index (χ4n) is 6.19. The van der Waals surface area contributed by atoms with E-state index in [4.69, 9.17) is 9.47 Å². The first kappa shape index (κ1) is 14.0. The second-order valence-electron chi connectivity index (χ2n) is 7.82. The number of carbonyl (C=O) groups is 1. The molecule has 1 amide bonds. The third-order valence-electron chi connectivity index (χ3n) is 7.32. The molecule has 1 aromatic carbocycles. The number of nitrogens with one attached hydrogen (secondary N) is 1. The molecular formula is C19H23NO3. The Kier molecular flexibility index (Phi) is 2.54. The minimum Gasteiger partial charge on any atom is -0.355 e. The van der Waals surface area contributed by atoms with Crippen molar-refractivity contribution in [3.8, 4) is 0 Å². The minimum absolute atomic E-state index is 0.0354. The summed E-state index contributed by atoms with van der Waals surface area (Å²) in [5.41, 5.74) is 0.630. The average Bonchev–Trinajstić information content (AvgIpc) is 2.95. The molecule has 2 heterocycles. The van der Waals surface area contributed by atoms with Crippen molar-refractivity contribution in [3.05, 3.63) is 35.9 Å². The number of rotatable bonds is 1. The SMILES string of the molecule is CC12C[C@]13CCNC(=O)[C@@]3(c1ccccc1)CCC21OCCO1. The van der Waals surface area contributed by atoms with Gasteiger partial charge in [-0.2, -0.15) is 0 Å². The van der Waals surface area contributed by atoms with Crippen LogP contribution in [-0.4, -0.2) is 31.5 Å². The Morgan fingerprint density at radius 1 is 1.04 bits per heavy atom. The number of hydrogen-bond acceptors (Lipinski definition) is 3. The molecule has 5 rings (SSSR count). The fraction of sp³-hybridized carbons (Fsp3) is 0.632. The highest BCUT2D eigenvalue weighted by Gasteiger charge is 2.86. The van der Waals surface area contributed by atoms with E-state index in [-0.39, 0.29) is 16.7 Å². The lowest BCUT2D eigenvalue weighted by atomic mass is 9.54. The van der Waals surface area contributed by atoms with Gasteiger partial charge in [-0.05, 0) is 24.8 Å². The molecule has 122 valence electrons. The summed E-state index contributed by atoms with van der Waals surface area (Å²) in [4.78, 5) is 13.1. The fourth-order valence-corrected chi connectivity index (χ4v) is 6.19. The predicted octanol–water partition coefficient (Wildman–Crippen LogP) is 2.38. The normalized spacial score (nSPS) is 43.6. The first-order valence-corrected chi connectivity index (χ1v) is 8.72. The van der Waals surface area contributed by atoms with Crippen molar-refractivity contribution in [2.24, 2.45) is 10.8 Å². The highest BCUT2D eigenvalue weighted by molar-refractivity contribution is 5.91. The van der Waals surface area contributed by atoms with Crippen LogP contribution in [0.3, 0.4) is 0 Å². The Balaban J connectivity index is 1.69. The van der Waals surface area contributed by atoms with Crippen LogP contribution in [0.4, 0.5) is 0 Å². The molecule has 1 N–H and O–H groups in total. The Hall–Kier alpha value is -1.39. The first-order chi connectivity index (χ1) is 11.1. The lowest BCUT2D eigenvalue weighted by Gasteiger charge is -2.54. The first-order valence-electron chi connectivity index (χ1n) is 8.72. The van der Waals surface area contributed by atoms with Crippen molar-refractivity contribution in [2.75, 3.05) is 19.8 Å². The van der Waals surface area contributed by atoms with Crippen LogP contribution in [0.25, 0.3) is 0 Å². The second-order valence-corrected chi connectivity index (χ2v) is 7.82. The molecule has 2 saturated carbocycles. The van der Waals surface area contributed by atoms with E-state index in [1.165, 1.54) is 0 Å². The summed E-state index contributed by atoms with van der Waals surface area (Å²) in [5, 5.41) is 3.15. The number of hydrogen-bond donors (Lipinski definition) is 1. The van der Waals surface area contributed by atoms with Gasteiger partial charge in [0.1, 0.15) is 0 Å².